The Morgan fingerprint density at radius 3 is 2.50 bits per heavy atom. The molecule has 2 rings (SSSR count). The highest BCUT2D eigenvalue weighted by molar-refractivity contribution is 6.30. The monoisotopic (exact) mass is 456 g/mol. The Labute approximate surface area is 192 Å². The van der Waals surface area contributed by atoms with E-state index in [2.05, 4.69) is 15.8 Å². The quantitative estimate of drug-likeness (QED) is 0.419. The number of carbonyl (C=O) groups is 2. The smallest absolute Gasteiger partial charge is 0.262 e. The van der Waals surface area contributed by atoms with Crippen LogP contribution >= 0.6 is 11.6 Å². The van der Waals surface area contributed by atoms with Crippen LogP contribution in [0.25, 0.3) is 0 Å². The molecule has 2 aromatic carbocycles. The molecule has 0 fully saturated rings. The van der Waals surface area contributed by atoms with Gasteiger partial charge in [-0.2, -0.15) is 10.4 Å². The summed E-state index contributed by atoms with van der Waals surface area (Å²) in [6.45, 7) is 5.81. The average Bonchev–Trinajstić information content (AvgIpc) is 2.77. The SMILES string of the molecule is CCOc1cc(/C=N\NC(=O)C(NC(=O)c2ccc(Cl)cc2)C(C)C)ccc1OCC#N. The largest absolute Gasteiger partial charge is 0.490 e. The number of amides is 2. The van der Waals surface area contributed by atoms with Gasteiger partial charge in [0.05, 0.1) is 12.8 Å². The molecule has 0 aromatic heterocycles. The van der Waals surface area contributed by atoms with Crippen LogP contribution in [0.2, 0.25) is 5.02 Å². The maximum Gasteiger partial charge on any atom is 0.262 e. The molecule has 168 valence electrons. The predicted octanol–water partition coefficient (Wildman–Crippen LogP) is 3.55. The Kier molecular flexibility index (Phi) is 9.51. The van der Waals surface area contributed by atoms with Crippen molar-refractivity contribution in [1.82, 2.24) is 10.7 Å². The molecule has 0 bridgehead atoms. The van der Waals surface area contributed by atoms with E-state index in [4.69, 9.17) is 26.3 Å². The lowest BCUT2D eigenvalue weighted by Crippen LogP contribution is -2.48. The first-order valence-corrected chi connectivity index (χ1v) is 10.4. The number of benzene rings is 2. The van der Waals surface area contributed by atoms with Crippen molar-refractivity contribution in [3.05, 3.63) is 58.6 Å². The fourth-order valence-electron chi connectivity index (χ4n) is 2.70. The Balaban J connectivity index is 2.04. The van der Waals surface area contributed by atoms with Gasteiger partial charge in [0, 0.05) is 10.6 Å². The van der Waals surface area contributed by atoms with Crippen molar-refractivity contribution in [2.45, 2.75) is 26.8 Å². The minimum absolute atomic E-state index is 0.0953. The number of nitriles is 1. The number of carbonyl (C=O) groups excluding carboxylic acids is 2. The van der Waals surface area contributed by atoms with Crippen LogP contribution in [0.15, 0.2) is 47.6 Å². The highest BCUT2D eigenvalue weighted by atomic mass is 35.5. The van der Waals surface area contributed by atoms with E-state index in [1.165, 1.54) is 6.21 Å². The maximum atomic E-state index is 12.6. The Hall–Kier alpha value is -3.57. The molecule has 0 aliphatic heterocycles. The van der Waals surface area contributed by atoms with Crippen molar-refractivity contribution in [2.24, 2.45) is 11.0 Å². The van der Waals surface area contributed by atoms with Crippen molar-refractivity contribution in [1.29, 1.82) is 5.26 Å². The Morgan fingerprint density at radius 1 is 1.16 bits per heavy atom. The summed E-state index contributed by atoms with van der Waals surface area (Å²) in [5.41, 5.74) is 3.52. The third kappa shape index (κ3) is 7.29. The summed E-state index contributed by atoms with van der Waals surface area (Å²) in [5, 5.41) is 15.9. The summed E-state index contributed by atoms with van der Waals surface area (Å²) in [4.78, 5) is 25.1. The van der Waals surface area contributed by atoms with Gasteiger partial charge in [0.15, 0.2) is 18.1 Å². The van der Waals surface area contributed by atoms with Gasteiger partial charge in [-0.3, -0.25) is 9.59 Å². The standard InChI is InChI=1S/C23H25ClN4O4/c1-4-31-20-13-16(5-10-19(20)32-12-11-25)14-26-28-23(30)21(15(2)3)27-22(29)17-6-8-18(24)9-7-17/h5-10,13-15,21H,4,12H2,1-3H3,(H,27,29)(H,28,30)/b26-14-. The van der Waals surface area contributed by atoms with Crippen LogP contribution in [0.5, 0.6) is 11.5 Å². The number of hydrogen-bond donors (Lipinski definition) is 2. The molecule has 0 saturated carbocycles. The number of rotatable bonds is 10. The van der Waals surface area contributed by atoms with Gasteiger partial charge in [-0.1, -0.05) is 25.4 Å². The topological polar surface area (TPSA) is 113 Å². The zero-order chi connectivity index (χ0) is 23.5. The minimum Gasteiger partial charge on any atom is -0.490 e. The van der Waals surface area contributed by atoms with Crippen molar-refractivity contribution in [2.75, 3.05) is 13.2 Å². The number of halogens is 1. The van der Waals surface area contributed by atoms with Gasteiger partial charge in [0.1, 0.15) is 12.1 Å². The van der Waals surface area contributed by atoms with Gasteiger partial charge >= 0.3 is 0 Å². The molecule has 32 heavy (non-hydrogen) atoms. The van der Waals surface area contributed by atoms with E-state index in [-0.39, 0.29) is 18.4 Å². The predicted molar refractivity (Wildman–Crippen MR) is 122 cm³/mol. The molecule has 2 aromatic rings. The van der Waals surface area contributed by atoms with Crippen LogP contribution in [0.4, 0.5) is 0 Å². The molecule has 0 aliphatic carbocycles. The number of nitrogens with one attached hydrogen (secondary N) is 2. The van der Waals surface area contributed by atoms with Crippen LogP contribution < -0.4 is 20.2 Å². The molecule has 0 aliphatic rings. The second-order valence-corrected chi connectivity index (χ2v) is 7.46. The van der Waals surface area contributed by atoms with Crippen molar-refractivity contribution >= 4 is 29.6 Å². The zero-order valence-electron chi connectivity index (χ0n) is 18.1. The van der Waals surface area contributed by atoms with Crippen molar-refractivity contribution < 1.29 is 19.1 Å². The average molecular weight is 457 g/mol. The molecule has 9 heteroatoms. The lowest BCUT2D eigenvalue weighted by Gasteiger charge is -2.20. The van der Waals surface area contributed by atoms with E-state index in [0.717, 1.165) is 0 Å². The van der Waals surface area contributed by atoms with Crippen molar-refractivity contribution in [3.63, 3.8) is 0 Å². The van der Waals surface area contributed by atoms with Crippen LogP contribution in [0.1, 0.15) is 36.7 Å². The Morgan fingerprint density at radius 2 is 1.88 bits per heavy atom. The summed E-state index contributed by atoms with van der Waals surface area (Å²) in [5.74, 6) is -0.0818. The molecule has 1 unspecified atom stereocenters. The normalized spacial score (nSPS) is 11.6. The second kappa shape index (κ2) is 12.3. The highest BCUT2D eigenvalue weighted by Crippen LogP contribution is 2.28. The van der Waals surface area contributed by atoms with E-state index in [0.29, 0.717) is 34.3 Å². The molecular weight excluding hydrogens is 432 g/mol. The fraction of sp³-hybridized carbons (Fsp3) is 0.304. The van der Waals surface area contributed by atoms with Gasteiger partial charge in [-0.15, -0.1) is 0 Å². The lowest BCUT2D eigenvalue weighted by atomic mass is 10.0. The summed E-state index contributed by atoms with van der Waals surface area (Å²) < 4.78 is 10.9. The molecule has 0 saturated heterocycles. The fourth-order valence-corrected chi connectivity index (χ4v) is 2.83. The summed E-state index contributed by atoms with van der Waals surface area (Å²) in [7, 11) is 0. The number of hydrogen-bond acceptors (Lipinski definition) is 6. The van der Waals surface area contributed by atoms with Crippen LogP contribution in [-0.4, -0.2) is 37.3 Å². The molecule has 2 amide bonds. The van der Waals surface area contributed by atoms with Crippen LogP contribution in [0.3, 0.4) is 0 Å². The third-order valence-electron chi connectivity index (χ3n) is 4.29. The minimum atomic E-state index is -0.781. The summed E-state index contributed by atoms with van der Waals surface area (Å²) >= 11 is 5.85. The maximum absolute atomic E-state index is 12.6. The second-order valence-electron chi connectivity index (χ2n) is 7.02. The van der Waals surface area contributed by atoms with E-state index in [1.807, 2.05) is 26.8 Å². The van der Waals surface area contributed by atoms with E-state index >= 15 is 0 Å². The van der Waals surface area contributed by atoms with Crippen LogP contribution in [0, 0.1) is 17.2 Å². The van der Waals surface area contributed by atoms with Gasteiger partial charge < -0.3 is 14.8 Å². The summed E-state index contributed by atoms with van der Waals surface area (Å²) in [6.07, 6.45) is 1.45. The third-order valence-corrected chi connectivity index (χ3v) is 4.54. The van der Waals surface area contributed by atoms with Crippen LogP contribution in [-0.2, 0) is 4.79 Å². The van der Waals surface area contributed by atoms with E-state index in [1.54, 1.807) is 42.5 Å². The molecule has 0 spiro atoms. The zero-order valence-corrected chi connectivity index (χ0v) is 18.8. The molecule has 8 nitrogen and oxygen atoms in total. The molecular formula is C23H25ClN4O4. The molecule has 2 N–H and O–H groups in total. The number of ether oxygens (including phenoxy) is 2. The first-order chi connectivity index (χ1) is 15.3. The molecule has 1 atom stereocenters. The highest BCUT2D eigenvalue weighted by Gasteiger charge is 2.24. The number of nitrogens with zero attached hydrogens (tertiary/aromatic N) is 2. The van der Waals surface area contributed by atoms with Gasteiger partial charge in [0.2, 0.25) is 0 Å². The van der Waals surface area contributed by atoms with Crippen molar-refractivity contribution in [3.8, 4) is 17.6 Å². The lowest BCUT2D eigenvalue weighted by molar-refractivity contribution is -0.123. The van der Waals surface area contributed by atoms with Gasteiger partial charge in [-0.25, -0.2) is 5.43 Å². The van der Waals surface area contributed by atoms with E-state index in [9.17, 15) is 9.59 Å². The summed E-state index contributed by atoms with van der Waals surface area (Å²) in [6, 6.07) is 12.6. The van der Waals surface area contributed by atoms with E-state index < -0.39 is 11.9 Å². The molecule has 0 radical (unpaired) electrons. The van der Waals surface area contributed by atoms with Gasteiger partial charge in [0.25, 0.3) is 11.8 Å². The number of hydrazone groups is 1. The first kappa shape index (κ1) is 24.7. The first-order valence-electron chi connectivity index (χ1n) is 10.0. The molecule has 0 heterocycles. The Bertz CT molecular complexity index is 1000. The van der Waals surface area contributed by atoms with Gasteiger partial charge in [-0.05, 0) is 60.9 Å².